The lowest BCUT2D eigenvalue weighted by Gasteiger charge is -2.22. The number of rotatable bonds is 12. The zero-order chi connectivity index (χ0) is 14.5. The van der Waals surface area contributed by atoms with Crippen LogP contribution >= 0.6 is 0 Å². The molecule has 3 nitrogen and oxygen atoms in total. The minimum absolute atomic E-state index is 0.690. The highest BCUT2D eigenvalue weighted by Gasteiger charge is 2.06. The van der Waals surface area contributed by atoms with Gasteiger partial charge in [-0.15, -0.1) is 0 Å². The Kier molecular flexibility index (Phi) is 11.7. The Morgan fingerprint density at radius 1 is 1.21 bits per heavy atom. The molecule has 0 aromatic carbocycles. The molecule has 0 saturated carbocycles. The minimum atomic E-state index is 0.690. The quantitative estimate of drug-likeness (QED) is 0.245. The van der Waals surface area contributed by atoms with Gasteiger partial charge in [-0.1, -0.05) is 52.9 Å². The third kappa shape index (κ3) is 10.8. The molecule has 0 heterocycles. The van der Waals surface area contributed by atoms with E-state index in [-0.39, 0.29) is 0 Å². The van der Waals surface area contributed by atoms with Crippen LogP contribution in [-0.4, -0.2) is 18.3 Å². The molecule has 0 aliphatic carbocycles. The van der Waals surface area contributed by atoms with Gasteiger partial charge in [0, 0.05) is 18.4 Å². The number of aliphatic imine (C=N–C) groups is 1. The predicted octanol–water partition coefficient (Wildman–Crippen LogP) is 4.50. The highest BCUT2D eigenvalue weighted by molar-refractivity contribution is 5.26. The second-order valence-corrected chi connectivity index (χ2v) is 5.70. The zero-order valence-electron chi connectivity index (χ0n) is 13.2. The summed E-state index contributed by atoms with van der Waals surface area (Å²) in [4.78, 5) is 3.87. The molecule has 0 aliphatic rings. The molecule has 3 heteroatoms. The van der Waals surface area contributed by atoms with E-state index < -0.39 is 0 Å². The van der Waals surface area contributed by atoms with Gasteiger partial charge in [-0.05, 0) is 31.9 Å². The van der Waals surface area contributed by atoms with Gasteiger partial charge in [0.15, 0.2) is 0 Å². The van der Waals surface area contributed by atoms with Gasteiger partial charge >= 0.3 is 0 Å². The smallest absolute Gasteiger partial charge is 0.0473 e. The number of hydrogen-bond acceptors (Lipinski definition) is 3. The number of allylic oxidation sites excluding steroid dienone is 1. The van der Waals surface area contributed by atoms with Gasteiger partial charge in [0.05, 0.1) is 0 Å². The maximum absolute atomic E-state index is 6.11. The van der Waals surface area contributed by atoms with Crippen molar-refractivity contribution in [3.05, 3.63) is 11.9 Å². The first-order chi connectivity index (χ1) is 9.11. The van der Waals surface area contributed by atoms with Crippen LogP contribution in [-0.2, 0) is 0 Å². The fourth-order valence-electron chi connectivity index (χ4n) is 2.03. The first-order valence-electron chi connectivity index (χ1n) is 7.78. The summed E-state index contributed by atoms with van der Waals surface area (Å²) in [7, 11) is 0. The molecule has 0 atom stereocenters. The van der Waals surface area contributed by atoms with Crippen molar-refractivity contribution in [1.29, 1.82) is 0 Å². The van der Waals surface area contributed by atoms with Crippen molar-refractivity contribution in [2.75, 3.05) is 6.54 Å². The lowest BCUT2D eigenvalue weighted by Crippen LogP contribution is -2.31. The normalized spacial score (nSPS) is 11.9. The molecule has 0 spiro atoms. The van der Waals surface area contributed by atoms with E-state index in [0.29, 0.717) is 5.92 Å². The molecule has 0 amide bonds. The fraction of sp³-hybridized carbons (Fsp3) is 0.812. The molecule has 2 N–H and O–H groups in total. The van der Waals surface area contributed by atoms with Crippen LogP contribution in [0.4, 0.5) is 0 Å². The third-order valence-electron chi connectivity index (χ3n) is 3.34. The summed E-state index contributed by atoms with van der Waals surface area (Å²) in [5.74, 6) is 6.80. The fourth-order valence-corrected chi connectivity index (χ4v) is 2.03. The van der Waals surface area contributed by atoms with E-state index in [2.05, 4.69) is 32.5 Å². The van der Waals surface area contributed by atoms with Crippen LogP contribution in [0.5, 0.6) is 0 Å². The average molecular weight is 267 g/mol. The summed E-state index contributed by atoms with van der Waals surface area (Å²) in [6.45, 7) is 11.2. The molecule has 0 saturated heterocycles. The Morgan fingerprint density at radius 3 is 2.42 bits per heavy atom. The second kappa shape index (κ2) is 12.2. The number of nitrogens with zero attached hydrogens (tertiary/aromatic N) is 2. The molecule has 0 radical (unpaired) electrons. The predicted molar refractivity (Wildman–Crippen MR) is 86.0 cm³/mol. The Labute approximate surface area is 119 Å². The van der Waals surface area contributed by atoms with E-state index in [1.54, 1.807) is 6.20 Å². The lowest BCUT2D eigenvalue weighted by atomic mass is 10.1. The number of hydrazine groups is 1. The van der Waals surface area contributed by atoms with Crippen molar-refractivity contribution in [2.24, 2.45) is 16.8 Å². The van der Waals surface area contributed by atoms with Crippen molar-refractivity contribution in [3.8, 4) is 0 Å². The average Bonchev–Trinajstić information content (AvgIpc) is 2.38. The summed E-state index contributed by atoms with van der Waals surface area (Å²) in [5.41, 5.74) is 1.11. The Morgan fingerprint density at radius 2 is 1.84 bits per heavy atom. The summed E-state index contributed by atoms with van der Waals surface area (Å²) in [5, 5.41) is 1.86. The third-order valence-corrected chi connectivity index (χ3v) is 3.34. The van der Waals surface area contributed by atoms with Crippen LogP contribution in [0, 0.1) is 5.92 Å². The molecule has 0 aliphatic heterocycles. The minimum Gasteiger partial charge on any atom is -0.314 e. The molecule has 0 aromatic rings. The van der Waals surface area contributed by atoms with Gasteiger partial charge in [-0.3, -0.25) is 4.99 Å². The van der Waals surface area contributed by atoms with Crippen LogP contribution in [0.2, 0.25) is 0 Å². The molecule has 112 valence electrons. The van der Waals surface area contributed by atoms with Gasteiger partial charge < -0.3 is 5.01 Å². The van der Waals surface area contributed by atoms with E-state index in [9.17, 15) is 0 Å². The van der Waals surface area contributed by atoms with E-state index in [0.717, 1.165) is 31.5 Å². The summed E-state index contributed by atoms with van der Waals surface area (Å²) in [6, 6.07) is 0. The zero-order valence-corrected chi connectivity index (χ0v) is 13.2. The number of unbranched alkanes of at least 4 members (excludes halogenated alkanes) is 5. The molecule has 0 fully saturated rings. The van der Waals surface area contributed by atoms with Crippen LogP contribution in [0.15, 0.2) is 16.9 Å². The van der Waals surface area contributed by atoms with Gasteiger partial charge in [0.2, 0.25) is 0 Å². The van der Waals surface area contributed by atoms with E-state index in [4.69, 9.17) is 5.84 Å². The van der Waals surface area contributed by atoms with E-state index >= 15 is 0 Å². The molecule has 0 rings (SSSR count). The molecule has 0 aromatic heterocycles. The van der Waals surface area contributed by atoms with E-state index in [1.165, 1.54) is 32.1 Å². The van der Waals surface area contributed by atoms with Crippen molar-refractivity contribution < 1.29 is 0 Å². The SMILES string of the molecule is C=N/C=C(/CCC(C)C)N(N)CCCCCCCC. The summed E-state index contributed by atoms with van der Waals surface area (Å²) < 4.78 is 0. The topological polar surface area (TPSA) is 41.6 Å². The monoisotopic (exact) mass is 267 g/mol. The van der Waals surface area contributed by atoms with Crippen LogP contribution < -0.4 is 5.84 Å². The van der Waals surface area contributed by atoms with Gasteiger partial charge in [0.1, 0.15) is 0 Å². The molecule has 0 unspecified atom stereocenters. The van der Waals surface area contributed by atoms with Crippen molar-refractivity contribution >= 4 is 6.72 Å². The Balaban J connectivity index is 3.88. The Hall–Kier alpha value is -0.830. The van der Waals surface area contributed by atoms with Crippen molar-refractivity contribution in [1.82, 2.24) is 5.01 Å². The molecule has 19 heavy (non-hydrogen) atoms. The summed E-state index contributed by atoms with van der Waals surface area (Å²) >= 11 is 0. The van der Waals surface area contributed by atoms with E-state index in [1.807, 2.05) is 5.01 Å². The van der Waals surface area contributed by atoms with Gasteiger partial charge in [0.25, 0.3) is 0 Å². The van der Waals surface area contributed by atoms with Gasteiger partial charge in [-0.2, -0.15) is 0 Å². The standard InChI is InChI=1S/C16H33N3/c1-5-6-7-8-9-10-13-19(17)16(14-18-4)12-11-15(2)3/h14-15H,4-13,17H2,1-3H3/b16-14-. The maximum Gasteiger partial charge on any atom is 0.0473 e. The highest BCUT2D eigenvalue weighted by Crippen LogP contribution is 2.14. The molecular formula is C16H33N3. The maximum atomic E-state index is 6.11. The Bertz CT molecular complexity index is 246. The largest absolute Gasteiger partial charge is 0.314 e. The second-order valence-electron chi connectivity index (χ2n) is 5.70. The van der Waals surface area contributed by atoms with Crippen LogP contribution in [0.3, 0.4) is 0 Å². The molecule has 0 bridgehead atoms. The first-order valence-corrected chi connectivity index (χ1v) is 7.78. The molecular weight excluding hydrogens is 234 g/mol. The van der Waals surface area contributed by atoms with Crippen LogP contribution in [0.25, 0.3) is 0 Å². The lowest BCUT2D eigenvalue weighted by molar-refractivity contribution is 0.326. The summed E-state index contributed by atoms with van der Waals surface area (Å²) in [6.07, 6.45) is 11.7. The van der Waals surface area contributed by atoms with Crippen molar-refractivity contribution in [3.63, 3.8) is 0 Å². The van der Waals surface area contributed by atoms with Gasteiger partial charge in [-0.25, -0.2) is 5.84 Å². The highest BCUT2D eigenvalue weighted by atomic mass is 15.4. The first kappa shape index (κ1) is 18.2. The number of nitrogens with two attached hydrogens (primary N) is 1. The van der Waals surface area contributed by atoms with Crippen LogP contribution in [0.1, 0.15) is 72.1 Å². The number of hydrogen-bond donors (Lipinski definition) is 1. The van der Waals surface area contributed by atoms with Crippen molar-refractivity contribution in [2.45, 2.75) is 72.1 Å².